The summed E-state index contributed by atoms with van der Waals surface area (Å²) in [5, 5.41) is 14.6. The smallest absolute Gasteiger partial charge is 0.150 e. The molecule has 0 aliphatic carbocycles. The van der Waals surface area contributed by atoms with Gasteiger partial charge in [0.2, 0.25) is 0 Å². The molecule has 1 fully saturated rings. The summed E-state index contributed by atoms with van der Waals surface area (Å²) in [7, 11) is -2.29. The number of benzene rings is 2. The molecule has 1 aliphatic rings. The van der Waals surface area contributed by atoms with Crippen molar-refractivity contribution in [2.75, 3.05) is 31.0 Å². The SMILES string of the molecule is Cc1cc(N=S(C)(C)=O)cc2ncnc(Nc3ccc(Cl)cc3O[C@@H]3COC[C@H]3O)c12. The van der Waals surface area contributed by atoms with Crippen molar-refractivity contribution < 1.29 is 18.8 Å². The van der Waals surface area contributed by atoms with E-state index in [9.17, 15) is 9.32 Å². The van der Waals surface area contributed by atoms with Crippen molar-refractivity contribution in [2.24, 2.45) is 4.36 Å². The summed E-state index contributed by atoms with van der Waals surface area (Å²) >= 11 is 6.17. The van der Waals surface area contributed by atoms with E-state index >= 15 is 0 Å². The number of halogens is 1. The summed E-state index contributed by atoms with van der Waals surface area (Å²) in [5.74, 6) is 1.06. The molecule has 3 aromatic rings. The highest BCUT2D eigenvalue weighted by molar-refractivity contribution is 7.92. The van der Waals surface area contributed by atoms with E-state index in [1.165, 1.54) is 6.33 Å². The molecular formula is C21H23ClN4O4S. The van der Waals surface area contributed by atoms with Gasteiger partial charge in [-0.2, -0.15) is 4.36 Å². The fourth-order valence-corrected chi connectivity index (χ4v) is 4.17. The summed E-state index contributed by atoms with van der Waals surface area (Å²) < 4.78 is 27.6. The summed E-state index contributed by atoms with van der Waals surface area (Å²) in [6, 6.07) is 8.85. The molecule has 4 rings (SSSR count). The Morgan fingerprint density at radius 1 is 1.26 bits per heavy atom. The molecule has 164 valence electrons. The maximum Gasteiger partial charge on any atom is 0.150 e. The van der Waals surface area contributed by atoms with Gasteiger partial charge in [0.25, 0.3) is 0 Å². The largest absolute Gasteiger partial charge is 0.483 e. The third-order valence-corrected chi connectivity index (χ3v) is 5.61. The van der Waals surface area contributed by atoms with Crippen LogP contribution in [-0.4, -0.2) is 57.2 Å². The van der Waals surface area contributed by atoms with Crippen LogP contribution in [0.4, 0.5) is 17.2 Å². The Kier molecular flexibility index (Phi) is 6.02. The highest BCUT2D eigenvalue weighted by Gasteiger charge is 2.29. The van der Waals surface area contributed by atoms with Gasteiger partial charge in [-0.05, 0) is 36.8 Å². The fraction of sp³-hybridized carbons (Fsp3) is 0.333. The molecule has 2 aromatic carbocycles. The lowest BCUT2D eigenvalue weighted by Gasteiger charge is -2.19. The molecule has 1 saturated heterocycles. The lowest BCUT2D eigenvalue weighted by molar-refractivity contribution is 0.0738. The van der Waals surface area contributed by atoms with Crippen molar-refractivity contribution in [2.45, 2.75) is 19.1 Å². The molecule has 2 atom stereocenters. The molecule has 1 aliphatic heterocycles. The van der Waals surface area contributed by atoms with Gasteiger partial charge in [-0.3, -0.25) is 0 Å². The maximum absolute atomic E-state index is 12.1. The van der Waals surface area contributed by atoms with Crippen molar-refractivity contribution in [3.63, 3.8) is 0 Å². The Hall–Kier alpha value is -2.46. The molecule has 10 heteroatoms. The number of rotatable bonds is 5. The molecule has 0 unspecified atom stereocenters. The standard InChI is InChI=1S/C21H23ClN4O4S/c1-12-6-14(26-31(2,3)28)8-16-20(12)21(24-11-23-16)25-15-5-4-13(22)7-18(15)30-19-10-29-9-17(19)27/h4-8,11,17,19,27H,9-10H2,1-3H3,(H,23,24,25)/t17-,19-/m1/s1. The number of nitrogens with one attached hydrogen (secondary N) is 1. The second-order valence-electron chi connectivity index (χ2n) is 7.68. The van der Waals surface area contributed by atoms with E-state index in [1.807, 2.05) is 13.0 Å². The van der Waals surface area contributed by atoms with E-state index in [-0.39, 0.29) is 6.61 Å². The number of ether oxygens (including phenoxy) is 2. The van der Waals surface area contributed by atoms with Gasteiger partial charge in [0.05, 0.1) is 30.1 Å². The van der Waals surface area contributed by atoms with Gasteiger partial charge < -0.3 is 19.9 Å². The first kappa shape index (κ1) is 21.8. The summed E-state index contributed by atoms with van der Waals surface area (Å²) in [6.45, 7) is 2.46. The van der Waals surface area contributed by atoms with E-state index < -0.39 is 21.9 Å². The van der Waals surface area contributed by atoms with Crippen LogP contribution in [0.1, 0.15) is 5.56 Å². The zero-order valence-corrected chi connectivity index (χ0v) is 18.9. The quantitative estimate of drug-likeness (QED) is 0.593. The van der Waals surface area contributed by atoms with E-state index in [0.29, 0.717) is 40.1 Å². The molecule has 8 nitrogen and oxygen atoms in total. The Bertz CT molecular complexity index is 1250. The predicted octanol–water partition coefficient (Wildman–Crippen LogP) is 3.83. The van der Waals surface area contributed by atoms with Gasteiger partial charge in [0, 0.05) is 38.7 Å². The highest BCUT2D eigenvalue weighted by atomic mass is 35.5. The van der Waals surface area contributed by atoms with Crippen LogP contribution in [0.25, 0.3) is 10.9 Å². The van der Waals surface area contributed by atoms with Gasteiger partial charge in [0.1, 0.15) is 24.0 Å². The molecule has 0 spiro atoms. The molecule has 0 radical (unpaired) electrons. The second-order valence-corrected chi connectivity index (χ2v) is 10.7. The first-order valence-corrected chi connectivity index (χ1v) is 12.3. The van der Waals surface area contributed by atoms with Crippen LogP contribution in [0.3, 0.4) is 0 Å². The number of aromatic nitrogens is 2. The van der Waals surface area contributed by atoms with Crippen LogP contribution in [0.5, 0.6) is 5.75 Å². The predicted molar refractivity (Wildman–Crippen MR) is 122 cm³/mol. The average Bonchev–Trinajstić information content (AvgIpc) is 3.07. The summed E-state index contributed by atoms with van der Waals surface area (Å²) in [5.41, 5.74) is 2.81. The molecule has 1 aromatic heterocycles. The first-order chi connectivity index (χ1) is 14.7. The fourth-order valence-electron chi connectivity index (χ4n) is 3.40. The first-order valence-electron chi connectivity index (χ1n) is 9.61. The normalized spacial score (nSPS) is 18.9. The van der Waals surface area contributed by atoms with E-state index in [0.717, 1.165) is 10.9 Å². The third kappa shape index (κ3) is 5.07. The van der Waals surface area contributed by atoms with Crippen LogP contribution >= 0.6 is 11.6 Å². The minimum atomic E-state index is -2.29. The number of aliphatic hydroxyl groups excluding tert-OH is 1. The lowest BCUT2D eigenvalue weighted by atomic mass is 10.1. The molecule has 0 saturated carbocycles. The van der Waals surface area contributed by atoms with Crippen molar-refractivity contribution in [1.29, 1.82) is 0 Å². The Morgan fingerprint density at radius 2 is 2.06 bits per heavy atom. The molecule has 0 amide bonds. The van der Waals surface area contributed by atoms with Crippen molar-refractivity contribution in [1.82, 2.24) is 9.97 Å². The Labute approximate surface area is 185 Å². The van der Waals surface area contributed by atoms with Crippen molar-refractivity contribution >= 4 is 49.4 Å². The van der Waals surface area contributed by atoms with Gasteiger partial charge in [-0.25, -0.2) is 14.2 Å². The minimum absolute atomic E-state index is 0.235. The van der Waals surface area contributed by atoms with Crippen molar-refractivity contribution in [3.8, 4) is 5.75 Å². The number of aliphatic hydroxyl groups is 1. The number of aryl methyl sites for hydroxylation is 1. The van der Waals surface area contributed by atoms with Gasteiger partial charge in [-0.1, -0.05) is 11.6 Å². The Morgan fingerprint density at radius 3 is 2.77 bits per heavy atom. The molecule has 31 heavy (non-hydrogen) atoms. The van der Waals surface area contributed by atoms with E-state index in [4.69, 9.17) is 21.1 Å². The number of nitrogens with zero attached hydrogens (tertiary/aromatic N) is 3. The summed E-state index contributed by atoms with van der Waals surface area (Å²) in [6.07, 6.45) is 3.45. The second kappa shape index (κ2) is 8.58. The van der Waals surface area contributed by atoms with Crippen LogP contribution in [-0.2, 0) is 14.5 Å². The van der Waals surface area contributed by atoms with Gasteiger partial charge >= 0.3 is 0 Å². The van der Waals surface area contributed by atoms with Gasteiger partial charge in [-0.15, -0.1) is 0 Å². The molecule has 0 bridgehead atoms. The molecule has 2 heterocycles. The van der Waals surface area contributed by atoms with Crippen molar-refractivity contribution in [3.05, 3.63) is 47.2 Å². The van der Waals surface area contributed by atoms with Crippen LogP contribution in [0.15, 0.2) is 41.0 Å². The zero-order valence-electron chi connectivity index (χ0n) is 17.3. The zero-order chi connectivity index (χ0) is 22.2. The topological polar surface area (TPSA) is 106 Å². The van der Waals surface area contributed by atoms with E-state index in [2.05, 4.69) is 19.6 Å². The third-order valence-electron chi connectivity index (χ3n) is 4.72. The monoisotopic (exact) mass is 462 g/mol. The van der Waals surface area contributed by atoms with Crippen LogP contribution in [0, 0.1) is 6.92 Å². The maximum atomic E-state index is 12.1. The number of fused-ring (bicyclic) bond motifs is 1. The summed E-state index contributed by atoms with van der Waals surface area (Å²) in [4.78, 5) is 8.76. The lowest BCUT2D eigenvalue weighted by Crippen LogP contribution is -2.29. The molecular weight excluding hydrogens is 440 g/mol. The number of hydrogen-bond donors (Lipinski definition) is 2. The van der Waals surface area contributed by atoms with E-state index in [1.54, 1.807) is 36.8 Å². The van der Waals surface area contributed by atoms with Crippen LogP contribution in [0.2, 0.25) is 5.02 Å². The van der Waals surface area contributed by atoms with Gasteiger partial charge in [0.15, 0.2) is 6.10 Å². The average molecular weight is 463 g/mol. The molecule has 2 N–H and O–H groups in total. The number of hydrogen-bond acceptors (Lipinski definition) is 8. The Balaban J connectivity index is 1.73. The minimum Gasteiger partial charge on any atom is -0.483 e. The van der Waals surface area contributed by atoms with Crippen LogP contribution < -0.4 is 10.1 Å². The number of anilines is 2. The highest BCUT2D eigenvalue weighted by Crippen LogP contribution is 2.35.